The van der Waals surface area contributed by atoms with E-state index in [4.69, 9.17) is 10.00 Å². The number of anilines is 1. The molecule has 0 aromatic heterocycles. The lowest BCUT2D eigenvalue weighted by Crippen LogP contribution is -2.41. The van der Waals surface area contributed by atoms with E-state index in [1.54, 1.807) is 19.1 Å². The quantitative estimate of drug-likeness (QED) is 0.629. The Bertz CT molecular complexity index is 967. The number of hydrogen-bond acceptors (Lipinski definition) is 5. The maximum absolute atomic E-state index is 13.3. The number of aliphatic hydroxyl groups is 1. The number of fused-ring (bicyclic) bond motifs is 5. The Morgan fingerprint density at radius 3 is 2.54 bits per heavy atom. The third-order valence-electron chi connectivity index (χ3n) is 5.75. The number of halogens is 3. The average molecular weight is 392 g/mol. The van der Waals surface area contributed by atoms with Crippen molar-refractivity contribution in [2.75, 3.05) is 11.5 Å². The summed E-state index contributed by atoms with van der Waals surface area (Å²) in [6.45, 7) is 1.36. The molecule has 6 nitrogen and oxygen atoms in total. The maximum Gasteiger partial charge on any atom is 0.417 e. The van der Waals surface area contributed by atoms with Crippen LogP contribution in [-0.4, -0.2) is 34.7 Å². The zero-order chi connectivity index (χ0) is 20.5. The third-order valence-corrected chi connectivity index (χ3v) is 5.75. The number of amides is 2. The van der Waals surface area contributed by atoms with Crippen LogP contribution in [0.2, 0.25) is 0 Å². The van der Waals surface area contributed by atoms with Gasteiger partial charge in [-0.25, -0.2) is 4.90 Å². The fourth-order valence-corrected chi connectivity index (χ4v) is 4.58. The van der Waals surface area contributed by atoms with E-state index >= 15 is 0 Å². The van der Waals surface area contributed by atoms with Gasteiger partial charge >= 0.3 is 6.18 Å². The van der Waals surface area contributed by atoms with Crippen LogP contribution >= 0.6 is 0 Å². The monoisotopic (exact) mass is 392 g/mol. The summed E-state index contributed by atoms with van der Waals surface area (Å²) in [7, 11) is 0. The number of nitriles is 1. The van der Waals surface area contributed by atoms with Gasteiger partial charge in [0.2, 0.25) is 11.8 Å². The minimum Gasteiger partial charge on any atom is -0.396 e. The molecule has 4 rings (SSSR count). The second-order valence-corrected chi connectivity index (χ2v) is 7.35. The van der Waals surface area contributed by atoms with Crippen LogP contribution in [0.15, 0.2) is 30.4 Å². The molecular formula is C19H15F3N2O4. The van der Waals surface area contributed by atoms with E-state index in [2.05, 4.69) is 0 Å². The fourth-order valence-electron chi connectivity index (χ4n) is 4.58. The van der Waals surface area contributed by atoms with Gasteiger partial charge in [-0.2, -0.15) is 18.4 Å². The van der Waals surface area contributed by atoms with Crippen LogP contribution in [-0.2, 0) is 20.5 Å². The van der Waals surface area contributed by atoms with Crippen LogP contribution in [0.3, 0.4) is 0 Å². The molecule has 0 radical (unpaired) electrons. The van der Waals surface area contributed by atoms with Gasteiger partial charge in [0.25, 0.3) is 0 Å². The summed E-state index contributed by atoms with van der Waals surface area (Å²) in [5.41, 5.74) is -4.27. The van der Waals surface area contributed by atoms with Crippen LogP contribution in [0.1, 0.15) is 24.5 Å². The Morgan fingerprint density at radius 1 is 1.25 bits per heavy atom. The summed E-state index contributed by atoms with van der Waals surface area (Å²) < 4.78 is 45.8. The number of carbonyl (C=O) groups is 2. The van der Waals surface area contributed by atoms with E-state index in [1.165, 1.54) is 6.07 Å². The molecule has 3 aliphatic heterocycles. The number of ether oxygens (including phenoxy) is 1. The normalized spacial score (nSPS) is 33.5. The van der Waals surface area contributed by atoms with Crippen molar-refractivity contribution in [3.63, 3.8) is 0 Å². The van der Waals surface area contributed by atoms with Crippen LogP contribution < -0.4 is 4.90 Å². The van der Waals surface area contributed by atoms with Gasteiger partial charge in [0, 0.05) is 13.0 Å². The number of aliphatic hydroxyl groups excluding tert-OH is 1. The molecule has 2 fully saturated rings. The van der Waals surface area contributed by atoms with Gasteiger partial charge < -0.3 is 9.84 Å². The number of carbonyl (C=O) groups excluding carboxylic acids is 2. The molecule has 9 heteroatoms. The molecule has 2 bridgehead atoms. The zero-order valence-corrected chi connectivity index (χ0v) is 14.7. The Hall–Kier alpha value is -2.70. The first-order valence-electron chi connectivity index (χ1n) is 8.58. The van der Waals surface area contributed by atoms with Crippen molar-refractivity contribution >= 4 is 17.5 Å². The molecule has 1 aromatic rings. The van der Waals surface area contributed by atoms with E-state index in [0.29, 0.717) is 6.07 Å². The molecule has 28 heavy (non-hydrogen) atoms. The molecule has 0 aliphatic carbocycles. The van der Waals surface area contributed by atoms with Gasteiger partial charge in [0.15, 0.2) is 0 Å². The molecule has 146 valence electrons. The summed E-state index contributed by atoms with van der Waals surface area (Å²) in [5.74, 6) is -3.14. The average Bonchev–Trinajstić information content (AvgIpc) is 3.19. The number of alkyl halides is 3. The number of hydrogen-bond donors (Lipinski definition) is 1. The Balaban J connectivity index is 1.80. The molecule has 1 aromatic carbocycles. The molecule has 0 saturated carbocycles. The number of benzene rings is 1. The lowest BCUT2D eigenvalue weighted by molar-refractivity contribution is -0.138. The first kappa shape index (κ1) is 18.7. The largest absolute Gasteiger partial charge is 0.417 e. The van der Waals surface area contributed by atoms with Gasteiger partial charge in [-0.1, -0.05) is 12.2 Å². The van der Waals surface area contributed by atoms with E-state index in [-0.39, 0.29) is 18.7 Å². The SMILES string of the molecule is C[C@]12C=C[C@](CCO)(O1)C1C(=O)N(c3ccc(C#N)c(C(F)(F)F)c3)C(=O)[C@H]12. The van der Waals surface area contributed by atoms with Crippen molar-refractivity contribution in [3.8, 4) is 6.07 Å². The predicted octanol–water partition coefficient (Wildman–Crippen LogP) is 2.16. The third kappa shape index (κ3) is 2.28. The van der Waals surface area contributed by atoms with E-state index in [1.807, 2.05) is 0 Å². The van der Waals surface area contributed by atoms with E-state index in [0.717, 1.165) is 17.0 Å². The second kappa shape index (κ2) is 5.65. The molecule has 3 aliphatic rings. The van der Waals surface area contributed by atoms with Gasteiger partial charge in [0.05, 0.1) is 40.3 Å². The van der Waals surface area contributed by atoms with Gasteiger partial charge in [-0.05, 0) is 25.1 Å². The van der Waals surface area contributed by atoms with Gasteiger partial charge in [0.1, 0.15) is 5.60 Å². The molecule has 0 spiro atoms. The van der Waals surface area contributed by atoms with Gasteiger partial charge in [-0.15, -0.1) is 0 Å². The Kier molecular flexibility index (Phi) is 3.77. The molecule has 1 N–H and O–H groups in total. The van der Waals surface area contributed by atoms with E-state index < -0.39 is 52.2 Å². The summed E-state index contributed by atoms with van der Waals surface area (Å²) in [5, 5.41) is 18.3. The van der Waals surface area contributed by atoms with E-state index in [9.17, 15) is 27.9 Å². The fraction of sp³-hybridized carbons (Fsp3) is 0.421. The topological polar surface area (TPSA) is 90.6 Å². The van der Waals surface area contributed by atoms with Gasteiger partial charge in [-0.3, -0.25) is 9.59 Å². The number of imide groups is 1. The highest BCUT2D eigenvalue weighted by Crippen LogP contribution is 2.59. The first-order valence-corrected chi connectivity index (χ1v) is 8.58. The summed E-state index contributed by atoms with van der Waals surface area (Å²) in [6, 6.07) is 4.21. The smallest absolute Gasteiger partial charge is 0.396 e. The zero-order valence-electron chi connectivity index (χ0n) is 14.7. The highest BCUT2D eigenvalue weighted by molar-refractivity contribution is 6.23. The van der Waals surface area contributed by atoms with Crippen LogP contribution in [0.25, 0.3) is 0 Å². The summed E-state index contributed by atoms with van der Waals surface area (Å²) in [4.78, 5) is 26.9. The van der Waals surface area contributed by atoms with Crippen molar-refractivity contribution in [1.29, 1.82) is 5.26 Å². The van der Waals surface area contributed by atoms with Crippen LogP contribution in [0, 0.1) is 23.2 Å². The second-order valence-electron chi connectivity index (χ2n) is 7.35. The summed E-state index contributed by atoms with van der Waals surface area (Å²) in [6.07, 6.45) is -1.40. The van der Waals surface area contributed by atoms with Crippen LogP contribution in [0.5, 0.6) is 0 Å². The predicted molar refractivity (Wildman–Crippen MR) is 88.7 cm³/mol. The van der Waals surface area contributed by atoms with Crippen molar-refractivity contribution in [2.45, 2.75) is 30.7 Å². The van der Waals surface area contributed by atoms with Crippen LogP contribution in [0.4, 0.5) is 18.9 Å². The maximum atomic E-state index is 13.3. The molecule has 4 atom stereocenters. The molecular weight excluding hydrogens is 377 g/mol. The van der Waals surface area contributed by atoms with Crippen molar-refractivity contribution in [2.24, 2.45) is 11.8 Å². The minimum absolute atomic E-state index is 0.0916. The Labute approximate surface area is 157 Å². The van der Waals surface area contributed by atoms with Crippen molar-refractivity contribution in [3.05, 3.63) is 41.5 Å². The summed E-state index contributed by atoms with van der Waals surface area (Å²) >= 11 is 0. The molecule has 2 saturated heterocycles. The van der Waals surface area contributed by atoms with Crippen molar-refractivity contribution in [1.82, 2.24) is 0 Å². The lowest BCUT2D eigenvalue weighted by atomic mass is 9.71. The minimum atomic E-state index is -4.81. The lowest BCUT2D eigenvalue weighted by Gasteiger charge is -2.28. The molecule has 3 heterocycles. The first-order chi connectivity index (χ1) is 13.1. The highest BCUT2D eigenvalue weighted by Gasteiger charge is 2.71. The highest BCUT2D eigenvalue weighted by atomic mass is 19.4. The number of rotatable bonds is 3. The standard InChI is InChI=1S/C19H15F3N2O4/c1-17-4-5-18(28-17,6-7-25)14-13(17)15(26)24(16(14)27)11-3-2-10(9-23)12(8-11)19(20,21)22/h2-5,8,13-14,25H,6-7H2,1H3/t13-,14?,17+,18+/m0/s1. The Morgan fingerprint density at radius 2 is 1.93 bits per heavy atom. The molecule has 1 unspecified atom stereocenters. The number of nitrogens with zero attached hydrogens (tertiary/aromatic N) is 2. The van der Waals surface area contributed by atoms with Crippen molar-refractivity contribution < 1.29 is 32.6 Å². The molecule has 2 amide bonds.